The maximum absolute atomic E-state index is 12.6. The van der Waals surface area contributed by atoms with E-state index in [-0.39, 0.29) is 6.03 Å². The highest BCUT2D eigenvalue weighted by Gasteiger charge is 2.22. The average molecular weight is 399 g/mol. The lowest BCUT2D eigenvalue weighted by molar-refractivity contribution is 0.208. The van der Waals surface area contributed by atoms with Crippen LogP contribution in [0.5, 0.6) is 0 Å². The van der Waals surface area contributed by atoms with Crippen LogP contribution in [0.4, 0.5) is 21.9 Å². The van der Waals surface area contributed by atoms with Crippen molar-refractivity contribution in [1.29, 1.82) is 0 Å². The van der Waals surface area contributed by atoms with Crippen molar-refractivity contribution in [2.45, 2.75) is 19.8 Å². The lowest BCUT2D eigenvalue weighted by atomic mass is 10.1. The number of nitrogens with one attached hydrogen (secondary N) is 1. The standard InChI is InChI=1S/C22H27ClN4O/c1-17-16-18(23)4-9-21(17)26-12-14-27(15-13-26)22(28)24-19-5-7-20(8-6-19)25-10-2-3-11-25/h4-9,16H,2-3,10-15H2,1H3,(H,24,28). The van der Waals surface area contributed by atoms with E-state index in [4.69, 9.17) is 11.6 Å². The summed E-state index contributed by atoms with van der Waals surface area (Å²) in [6.07, 6.45) is 2.53. The van der Waals surface area contributed by atoms with Crippen molar-refractivity contribution in [2.75, 3.05) is 54.4 Å². The molecule has 2 amide bonds. The molecule has 148 valence electrons. The molecule has 2 aromatic carbocycles. The Morgan fingerprint density at radius 2 is 1.57 bits per heavy atom. The van der Waals surface area contributed by atoms with E-state index >= 15 is 0 Å². The summed E-state index contributed by atoms with van der Waals surface area (Å²) in [5.41, 5.74) is 4.46. The topological polar surface area (TPSA) is 38.8 Å². The van der Waals surface area contributed by atoms with Gasteiger partial charge < -0.3 is 20.0 Å². The summed E-state index contributed by atoms with van der Waals surface area (Å²) in [6.45, 7) is 7.39. The van der Waals surface area contributed by atoms with E-state index in [0.717, 1.165) is 36.9 Å². The molecule has 2 aliphatic rings. The summed E-state index contributed by atoms with van der Waals surface area (Å²) >= 11 is 6.06. The van der Waals surface area contributed by atoms with Crippen molar-refractivity contribution in [1.82, 2.24) is 4.90 Å². The minimum absolute atomic E-state index is 0.0265. The molecule has 6 heteroatoms. The molecule has 2 saturated heterocycles. The molecular formula is C22H27ClN4O. The molecule has 2 aromatic rings. The number of nitrogens with zero attached hydrogens (tertiary/aromatic N) is 3. The van der Waals surface area contributed by atoms with E-state index in [1.54, 1.807) is 0 Å². The predicted molar refractivity (Wildman–Crippen MR) is 117 cm³/mol. The zero-order valence-corrected chi connectivity index (χ0v) is 17.1. The van der Waals surface area contributed by atoms with Gasteiger partial charge in [0.15, 0.2) is 0 Å². The van der Waals surface area contributed by atoms with Crippen molar-refractivity contribution >= 4 is 34.7 Å². The number of halogens is 1. The Morgan fingerprint density at radius 3 is 2.21 bits per heavy atom. The number of hydrogen-bond donors (Lipinski definition) is 1. The van der Waals surface area contributed by atoms with Gasteiger partial charge in [0.25, 0.3) is 0 Å². The number of amides is 2. The molecule has 0 radical (unpaired) electrons. The van der Waals surface area contributed by atoms with E-state index in [0.29, 0.717) is 13.1 Å². The van der Waals surface area contributed by atoms with Crippen molar-refractivity contribution < 1.29 is 4.79 Å². The van der Waals surface area contributed by atoms with Crippen LogP contribution in [0.2, 0.25) is 5.02 Å². The van der Waals surface area contributed by atoms with Gasteiger partial charge in [0.2, 0.25) is 0 Å². The smallest absolute Gasteiger partial charge is 0.321 e. The molecular weight excluding hydrogens is 372 g/mol. The highest BCUT2D eigenvalue weighted by Crippen LogP contribution is 2.25. The third kappa shape index (κ3) is 4.20. The number of urea groups is 1. The molecule has 0 unspecified atom stereocenters. The maximum Gasteiger partial charge on any atom is 0.321 e. The maximum atomic E-state index is 12.6. The fraction of sp³-hybridized carbons (Fsp3) is 0.409. The van der Waals surface area contributed by atoms with Gasteiger partial charge in [0, 0.05) is 61.4 Å². The minimum atomic E-state index is -0.0265. The molecule has 28 heavy (non-hydrogen) atoms. The van der Waals surface area contributed by atoms with Crippen LogP contribution in [0, 0.1) is 6.92 Å². The van der Waals surface area contributed by atoms with Crippen LogP contribution in [0.25, 0.3) is 0 Å². The lowest BCUT2D eigenvalue weighted by Gasteiger charge is -2.36. The Labute approximate surface area is 171 Å². The second-order valence-corrected chi connectivity index (χ2v) is 8.01. The number of hydrogen-bond acceptors (Lipinski definition) is 3. The molecule has 0 saturated carbocycles. The molecule has 0 spiro atoms. The van der Waals surface area contributed by atoms with Crippen molar-refractivity contribution in [3.8, 4) is 0 Å². The Bertz CT molecular complexity index is 825. The minimum Gasteiger partial charge on any atom is -0.372 e. The van der Waals surface area contributed by atoms with Crippen LogP contribution in [0.15, 0.2) is 42.5 Å². The third-order valence-electron chi connectivity index (χ3n) is 5.66. The highest BCUT2D eigenvalue weighted by atomic mass is 35.5. The number of carbonyl (C=O) groups excluding carboxylic acids is 1. The molecule has 0 aliphatic carbocycles. The second-order valence-electron chi connectivity index (χ2n) is 7.58. The molecule has 4 rings (SSSR count). The zero-order valence-electron chi connectivity index (χ0n) is 16.3. The van der Waals surface area contributed by atoms with Crippen molar-refractivity contribution in [3.63, 3.8) is 0 Å². The Morgan fingerprint density at radius 1 is 0.893 bits per heavy atom. The van der Waals surface area contributed by atoms with Gasteiger partial charge in [-0.3, -0.25) is 0 Å². The fourth-order valence-electron chi connectivity index (χ4n) is 4.06. The number of rotatable bonds is 3. The van der Waals surface area contributed by atoms with E-state index in [9.17, 15) is 4.79 Å². The van der Waals surface area contributed by atoms with Gasteiger partial charge in [-0.05, 0) is 67.8 Å². The van der Waals surface area contributed by atoms with E-state index in [2.05, 4.69) is 40.2 Å². The van der Waals surface area contributed by atoms with Crippen molar-refractivity contribution in [3.05, 3.63) is 53.1 Å². The summed E-state index contributed by atoms with van der Waals surface area (Å²) in [7, 11) is 0. The first-order chi connectivity index (χ1) is 13.6. The van der Waals surface area contributed by atoms with Gasteiger partial charge in [0.1, 0.15) is 0 Å². The highest BCUT2D eigenvalue weighted by molar-refractivity contribution is 6.30. The summed E-state index contributed by atoms with van der Waals surface area (Å²) in [5, 5.41) is 3.79. The largest absolute Gasteiger partial charge is 0.372 e. The first-order valence-electron chi connectivity index (χ1n) is 10.0. The Balaban J connectivity index is 1.31. The molecule has 0 atom stereocenters. The van der Waals surface area contributed by atoms with Gasteiger partial charge in [-0.1, -0.05) is 11.6 Å². The summed E-state index contributed by atoms with van der Waals surface area (Å²) in [6, 6.07) is 14.1. The Kier molecular flexibility index (Phi) is 5.62. The molecule has 2 aliphatic heterocycles. The monoisotopic (exact) mass is 398 g/mol. The van der Waals surface area contributed by atoms with E-state index < -0.39 is 0 Å². The van der Waals surface area contributed by atoms with Gasteiger partial charge in [0.05, 0.1) is 0 Å². The van der Waals surface area contributed by atoms with Gasteiger partial charge in [-0.2, -0.15) is 0 Å². The predicted octanol–water partition coefficient (Wildman–Crippen LogP) is 4.60. The second kappa shape index (κ2) is 8.31. The van der Waals surface area contributed by atoms with Gasteiger partial charge >= 0.3 is 6.03 Å². The van der Waals surface area contributed by atoms with E-state index in [1.807, 2.05) is 29.2 Å². The first kappa shape index (κ1) is 18.9. The number of carbonyl (C=O) groups is 1. The zero-order chi connectivity index (χ0) is 19.5. The van der Waals surface area contributed by atoms with Crippen molar-refractivity contribution in [2.24, 2.45) is 0 Å². The number of anilines is 3. The van der Waals surface area contributed by atoms with Crippen LogP contribution < -0.4 is 15.1 Å². The average Bonchev–Trinajstić information content (AvgIpc) is 3.24. The molecule has 2 fully saturated rings. The molecule has 2 heterocycles. The molecule has 5 nitrogen and oxygen atoms in total. The first-order valence-corrected chi connectivity index (χ1v) is 10.4. The molecule has 0 bridgehead atoms. The van der Waals surface area contributed by atoms with E-state index in [1.165, 1.54) is 29.8 Å². The van der Waals surface area contributed by atoms with Gasteiger partial charge in [-0.25, -0.2) is 4.79 Å². The number of aryl methyl sites for hydroxylation is 1. The fourth-order valence-corrected chi connectivity index (χ4v) is 4.28. The summed E-state index contributed by atoms with van der Waals surface area (Å²) in [4.78, 5) is 19.2. The SMILES string of the molecule is Cc1cc(Cl)ccc1N1CCN(C(=O)Nc2ccc(N3CCCC3)cc2)CC1. The van der Waals surface area contributed by atoms with Crippen LogP contribution >= 0.6 is 11.6 Å². The summed E-state index contributed by atoms with van der Waals surface area (Å²) in [5.74, 6) is 0. The number of piperazine rings is 1. The molecule has 0 aromatic heterocycles. The quantitative estimate of drug-likeness (QED) is 0.820. The third-order valence-corrected chi connectivity index (χ3v) is 5.89. The van der Waals surface area contributed by atoms with Crippen LogP contribution in [-0.4, -0.2) is 50.2 Å². The van der Waals surface area contributed by atoms with Crippen LogP contribution in [0.3, 0.4) is 0 Å². The van der Waals surface area contributed by atoms with Gasteiger partial charge in [-0.15, -0.1) is 0 Å². The normalized spacial score (nSPS) is 17.1. The Hall–Kier alpha value is -2.40. The lowest BCUT2D eigenvalue weighted by Crippen LogP contribution is -2.50. The van der Waals surface area contributed by atoms with Crippen LogP contribution in [0.1, 0.15) is 18.4 Å². The summed E-state index contributed by atoms with van der Waals surface area (Å²) < 4.78 is 0. The number of benzene rings is 2. The molecule has 1 N–H and O–H groups in total. The van der Waals surface area contributed by atoms with Crippen LogP contribution in [-0.2, 0) is 0 Å².